The standard InChI is InChI=1S/C14H16N2O5/c1-9-4-2-6-11(16(20)21)12(9)13(17)15-7-3-5-10(8-15)14(18)19/h2,4,6,10H,3,5,7-8H2,1H3,(H,18,19)/t10-/m0/s1. The molecule has 0 spiro atoms. The Balaban J connectivity index is 2.32. The third kappa shape index (κ3) is 3.01. The Morgan fingerprint density at radius 3 is 2.76 bits per heavy atom. The fourth-order valence-corrected chi connectivity index (χ4v) is 2.60. The van der Waals surface area contributed by atoms with Crippen LogP contribution in [0.4, 0.5) is 5.69 Å². The van der Waals surface area contributed by atoms with E-state index in [4.69, 9.17) is 5.11 Å². The third-order valence-corrected chi connectivity index (χ3v) is 3.72. The summed E-state index contributed by atoms with van der Waals surface area (Å²) in [5.41, 5.74) is 0.331. The first-order chi connectivity index (χ1) is 9.91. The average Bonchev–Trinajstić information content (AvgIpc) is 2.46. The topological polar surface area (TPSA) is 101 Å². The number of rotatable bonds is 3. The normalized spacial score (nSPS) is 18.3. The minimum Gasteiger partial charge on any atom is -0.481 e. The number of benzene rings is 1. The van der Waals surface area contributed by atoms with Gasteiger partial charge >= 0.3 is 5.97 Å². The molecule has 1 aliphatic heterocycles. The second kappa shape index (κ2) is 5.90. The van der Waals surface area contributed by atoms with Gasteiger partial charge in [0.25, 0.3) is 11.6 Å². The van der Waals surface area contributed by atoms with Crippen LogP contribution in [0.1, 0.15) is 28.8 Å². The van der Waals surface area contributed by atoms with Crippen molar-refractivity contribution in [3.63, 3.8) is 0 Å². The number of amides is 1. The number of nitro benzene ring substituents is 1. The van der Waals surface area contributed by atoms with Crippen LogP contribution in [0.3, 0.4) is 0 Å². The van der Waals surface area contributed by atoms with Crippen molar-refractivity contribution in [3.05, 3.63) is 39.4 Å². The molecule has 1 heterocycles. The maximum atomic E-state index is 12.5. The van der Waals surface area contributed by atoms with Crippen molar-refractivity contribution in [1.29, 1.82) is 0 Å². The Labute approximate surface area is 121 Å². The van der Waals surface area contributed by atoms with E-state index in [1.807, 2.05) is 0 Å². The predicted octanol–water partition coefficient (Wildman–Crippen LogP) is 1.84. The van der Waals surface area contributed by atoms with Crippen molar-refractivity contribution in [2.75, 3.05) is 13.1 Å². The highest BCUT2D eigenvalue weighted by molar-refractivity contribution is 5.99. The summed E-state index contributed by atoms with van der Waals surface area (Å²) in [6.07, 6.45) is 1.11. The van der Waals surface area contributed by atoms with Gasteiger partial charge in [-0.3, -0.25) is 19.7 Å². The van der Waals surface area contributed by atoms with Crippen molar-refractivity contribution in [1.82, 2.24) is 4.90 Å². The summed E-state index contributed by atoms with van der Waals surface area (Å²) < 4.78 is 0. The van der Waals surface area contributed by atoms with Crippen molar-refractivity contribution < 1.29 is 19.6 Å². The van der Waals surface area contributed by atoms with Gasteiger partial charge in [0.05, 0.1) is 10.8 Å². The number of carboxylic acids is 1. The number of aliphatic carboxylic acids is 1. The Hall–Kier alpha value is -2.44. The molecule has 1 amide bonds. The number of aryl methyl sites for hydroxylation is 1. The summed E-state index contributed by atoms with van der Waals surface area (Å²) in [5, 5.41) is 20.1. The van der Waals surface area contributed by atoms with Gasteiger partial charge in [-0.05, 0) is 25.3 Å². The first kappa shape index (κ1) is 15.0. The number of carbonyl (C=O) groups excluding carboxylic acids is 1. The van der Waals surface area contributed by atoms with Gasteiger partial charge in [0.2, 0.25) is 0 Å². The molecular weight excluding hydrogens is 276 g/mol. The molecule has 1 aromatic carbocycles. The van der Waals surface area contributed by atoms with Crippen LogP contribution >= 0.6 is 0 Å². The maximum Gasteiger partial charge on any atom is 0.308 e. The van der Waals surface area contributed by atoms with E-state index in [0.29, 0.717) is 24.9 Å². The zero-order chi connectivity index (χ0) is 15.6. The fraction of sp³-hybridized carbons (Fsp3) is 0.429. The zero-order valence-electron chi connectivity index (χ0n) is 11.6. The number of likely N-dealkylation sites (tertiary alicyclic amines) is 1. The minimum absolute atomic E-state index is 0.0496. The molecule has 7 heteroatoms. The van der Waals surface area contributed by atoms with Gasteiger partial charge in [-0.25, -0.2) is 0 Å². The van der Waals surface area contributed by atoms with Crippen LogP contribution in [0, 0.1) is 23.0 Å². The molecule has 1 atom stereocenters. The lowest BCUT2D eigenvalue weighted by Gasteiger charge is -2.31. The molecular formula is C14H16N2O5. The Morgan fingerprint density at radius 2 is 2.14 bits per heavy atom. The van der Waals surface area contributed by atoms with E-state index in [1.54, 1.807) is 13.0 Å². The lowest BCUT2D eigenvalue weighted by Crippen LogP contribution is -2.42. The number of hydrogen-bond donors (Lipinski definition) is 1. The van der Waals surface area contributed by atoms with E-state index < -0.39 is 22.7 Å². The molecule has 1 fully saturated rings. The Kier molecular flexibility index (Phi) is 4.21. The minimum atomic E-state index is -0.938. The third-order valence-electron chi connectivity index (χ3n) is 3.72. The number of piperidine rings is 1. The molecule has 21 heavy (non-hydrogen) atoms. The van der Waals surface area contributed by atoms with Crippen LogP contribution in [0.5, 0.6) is 0 Å². The first-order valence-corrected chi connectivity index (χ1v) is 6.68. The number of nitrogens with zero attached hydrogens (tertiary/aromatic N) is 2. The van der Waals surface area contributed by atoms with Gasteiger partial charge in [0.15, 0.2) is 0 Å². The predicted molar refractivity (Wildman–Crippen MR) is 74.1 cm³/mol. The molecule has 0 unspecified atom stereocenters. The molecule has 1 saturated heterocycles. The van der Waals surface area contributed by atoms with Crippen molar-refractivity contribution >= 4 is 17.6 Å². The Morgan fingerprint density at radius 1 is 1.43 bits per heavy atom. The summed E-state index contributed by atoms with van der Waals surface area (Å²) in [7, 11) is 0. The molecule has 0 saturated carbocycles. The van der Waals surface area contributed by atoms with Crippen molar-refractivity contribution in [3.8, 4) is 0 Å². The van der Waals surface area contributed by atoms with Crippen LogP contribution < -0.4 is 0 Å². The quantitative estimate of drug-likeness (QED) is 0.676. The monoisotopic (exact) mass is 292 g/mol. The number of carbonyl (C=O) groups is 2. The highest BCUT2D eigenvalue weighted by Gasteiger charge is 2.32. The first-order valence-electron chi connectivity index (χ1n) is 6.68. The van der Waals surface area contributed by atoms with E-state index in [1.165, 1.54) is 17.0 Å². The summed E-state index contributed by atoms with van der Waals surface area (Å²) >= 11 is 0. The van der Waals surface area contributed by atoms with Gasteiger partial charge < -0.3 is 10.0 Å². The van der Waals surface area contributed by atoms with Crippen LogP contribution in [-0.4, -0.2) is 39.9 Å². The molecule has 1 aromatic rings. The molecule has 1 aliphatic rings. The highest BCUT2D eigenvalue weighted by atomic mass is 16.6. The van der Waals surface area contributed by atoms with Crippen LogP contribution in [-0.2, 0) is 4.79 Å². The van der Waals surface area contributed by atoms with Crippen LogP contribution in [0.25, 0.3) is 0 Å². The molecule has 112 valence electrons. The van der Waals surface area contributed by atoms with Gasteiger partial charge in [-0.2, -0.15) is 0 Å². The van der Waals surface area contributed by atoms with Crippen LogP contribution in [0.15, 0.2) is 18.2 Å². The largest absolute Gasteiger partial charge is 0.481 e. The zero-order valence-corrected chi connectivity index (χ0v) is 11.6. The summed E-state index contributed by atoms with van der Waals surface area (Å²) in [6, 6.07) is 4.46. The van der Waals surface area contributed by atoms with Gasteiger partial charge in [0, 0.05) is 19.2 Å². The summed E-state index contributed by atoms with van der Waals surface area (Å²) in [4.78, 5) is 35.5. The average molecular weight is 292 g/mol. The van der Waals surface area contributed by atoms with E-state index in [-0.39, 0.29) is 17.8 Å². The molecule has 0 radical (unpaired) electrons. The second-order valence-electron chi connectivity index (χ2n) is 5.15. The molecule has 0 aromatic heterocycles. The maximum absolute atomic E-state index is 12.5. The summed E-state index contributed by atoms with van der Waals surface area (Å²) in [5.74, 6) is -2.01. The lowest BCUT2D eigenvalue weighted by atomic mass is 9.96. The summed E-state index contributed by atoms with van der Waals surface area (Å²) in [6.45, 7) is 2.16. The van der Waals surface area contributed by atoms with E-state index >= 15 is 0 Å². The van der Waals surface area contributed by atoms with Gasteiger partial charge in [-0.1, -0.05) is 12.1 Å². The lowest BCUT2D eigenvalue weighted by molar-refractivity contribution is -0.385. The molecule has 0 bridgehead atoms. The van der Waals surface area contributed by atoms with Crippen molar-refractivity contribution in [2.45, 2.75) is 19.8 Å². The van der Waals surface area contributed by atoms with E-state index in [9.17, 15) is 19.7 Å². The number of nitro groups is 1. The van der Waals surface area contributed by atoms with E-state index in [0.717, 1.165) is 0 Å². The molecule has 0 aliphatic carbocycles. The highest BCUT2D eigenvalue weighted by Crippen LogP contribution is 2.26. The number of carboxylic acid groups (broad SMARTS) is 1. The van der Waals surface area contributed by atoms with Crippen LogP contribution in [0.2, 0.25) is 0 Å². The Bertz CT molecular complexity index is 599. The SMILES string of the molecule is Cc1cccc([N+](=O)[O-])c1C(=O)N1CCC[C@H](C(=O)O)C1. The van der Waals surface area contributed by atoms with Gasteiger partial charge in [-0.15, -0.1) is 0 Å². The molecule has 7 nitrogen and oxygen atoms in total. The number of hydrogen-bond acceptors (Lipinski definition) is 4. The van der Waals surface area contributed by atoms with Gasteiger partial charge in [0.1, 0.15) is 5.56 Å². The molecule has 2 rings (SSSR count). The fourth-order valence-electron chi connectivity index (χ4n) is 2.60. The van der Waals surface area contributed by atoms with Crippen molar-refractivity contribution in [2.24, 2.45) is 5.92 Å². The smallest absolute Gasteiger partial charge is 0.308 e. The molecule has 1 N–H and O–H groups in total. The van der Waals surface area contributed by atoms with E-state index in [2.05, 4.69) is 0 Å². The second-order valence-corrected chi connectivity index (χ2v) is 5.15.